The van der Waals surface area contributed by atoms with Gasteiger partial charge >= 0.3 is 0 Å². The first kappa shape index (κ1) is 24.2. The van der Waals surface area contributed by atoms with Crippen molar-refractivity contribution in [1.29, 1.82) is 0 Å². The third-order valence-corrected chi connectivity index (χ3v) is 9.27. The van der Waals surface area contributed by atoms with Crippen molar-refractivity contribution in [3.63, 3.8) is 0 Å². The molecule has 0 aliphatic carbocycles. The molecule has 0 nitrogen and oxygen atoms in total. The predicted octanol–water partition coefficient (Wildman–Crippen LogP) is 9.54. The Labute approximate surface area is 188 Å². The van der Waals surface area contributed by atoms with Gasteiger partial charge in [-0.15, -0.1) is 35.9 Å². The summed E-state index contributed by atoms with van der Waals surface area (Å²) in [6.07, 6.45) is 13.6. The fourth-order valence-electron chi connectivity index (χ4n) is 3.73. The number of hydrogen-bond acceptors (Lipinski definition) is 3. The Morgan fingerprint density at radius 1 is 0.607 bits per heavy atom. The quantitative estimate of drug-likeness (QED) is 0.155. The molecule has 0 unspecified atom stereocenters. The number of thiol groups is 2. The van der Waals surface area contributed by atoms with Crippen LogP contribution in [0.4, 0.5) is 0 Å². The Bertz CT molecular complexity index is 564. The highest BCUT2D eigenvalue weighted by Crippen LogP contribution is 2.58. The van der Waals surface area contributed by atoms with E-state index in [4.69, 9.17) is 0 Å². The maximum absolute atomic E-state index is 4.34. The van der Waals surface area contributed by atoms with Crippen molar-refractivity contribution in [2.75, 3.05) is 5.75 Å². The van der Waals surface area contributed by atoms with E-state index in [-0.39, 0.29) is 5.53 Å². The van der Waals surface area contributed by atoms with Gasteiger partial charge in [-0.3, -0.25) is 0 Å². The largest absolute Gasteiger partial charge is 0.130 e. The Morgan fingerprint density at radius 2 is 1.04 bits per heavy atom. The highest BCUT2D eigenvalue weighted by atomic mass is 33.3. The van der Waals surface area contributed by atoms with Crippen LogP contribution in [0.2, 0.25) is 0 Å². The number of hydrogen-bond donors (Lipinski definition) is 2. The fourth-order valence-corrected chi connectivity index (χ4v) is 6.57. The average molecular weight is 451 g/mol. The summed E-state index contributed by atoms with van der Waals surface area (Å²) in [7, 11) is 0. The summed E-state index contributed by atoms with van der Waals surface area (Å²) < 4.78 is 0. The van der Waals surface area contributed by atoms with Crippen molar-refractivity contribution >= 4 is 41.4 Å². The van der Waals surface area contributed by atoms with Gasteiger partial charge in [0.1, 0.15) is 0 Å². The van der Waals surface area contributed by atoms with Crippen LogP contribution in [0.5, 0.6) is 0 Å². The van der Waals surface area contributed by atoms with Crippen molar-refractivity contribution in [1.82, 2.24) is 0 Å². The molecule has 4 heteroatoms. The van der Waals surface area contributed by atoms with Gasteiger partial charge in [0.05, 0.1) is 5.53 Å². The van der Waals surface area contributed by atoms with Crippen molar-refractivity contribution in [3.05, 3.63) is 71.8 Å². The van der Waals surface area contributed by atoms with Gasteiger partial charge in [0.2, 0.25) is 0 Å². The van der Waals surface area contributed by atoms with Gasteiger partial charge in [-0.1, -0.05) is 112 Å². The monoisotopic (exact) mass is 450 g/mol. The molecule has 28 heavy (non-hydrogen) atoms. The summed E-state index contributed by atoms with van der Waals surface area (Å²) in [6, 6.07) is 22.0. The third-order valence-electron chi connectivity index (χ3n) is 5.25. The second-order valence-electron chi connectivity index (χ2n) is 7.43. The fraction of sp³-hybridized carbons (Fsp3) is 0.500. The van der Waals surface area contributed by atoms with Crippen LogP contribution in [0.15, 0.2) is 60.7 Å². The lowest BCUT2D eigenvalue weighted by Crippen LogP contribution is -2.01. The first-order valence-corrected chi connectivity index (χ1v) is 15.9. The van der Waals surface area contributed by atoms with E-state index in [2.05, 4.69) is 85.2 Å². The number of benzene rings is 2. The molecule has 0 radical (unpaired) electrons. The molecule has 0 aliphatic rings. The highest BCUT2D eigenvalue weighted by Gasteiger charge is 2.13. The third kappa shape index (κ3) is 10.6. The van der Waals surface area contributed by atoms with E-state index in [9.17, 15) is 0 Å². The van der Waals surface area contributed by atoms with Crippen LogP contribution in [0.3, 0.4) is 0 Å². The summed E-state index contributed by atoms with van der Waals surface area (Å²) in [5, 5.41) is 0. The molecule has 154 valence electrons. The van der Waals surface area contributed by atoms with Crippen molar-refractivity contribution in [2.45, 2.75) is 70.1 Å². The van der Waals surface area contributed by atoms with Crippen LogP contribution in [0.25, 0.3) is 0 Å². The molecule has 0 aliphatic heterocycles. The average Bonchev–Trinajstić information content (AvgIpc) is 2.72. The molecule has 2 aromatic carbocycles. The van der Waals surface area contributed by atoms with E-state index in [0.717, 1.165) is 0 Å². The first-order valence-electron chi connectivity index (χ1n) is 10.7. The van der Waals surface area contributed by atoms with Crippen molar-refractivity contribution < 1.29 is 0 Å². The molecular weight excluding hydrogens is 415 g/mol. The summed E-state index contributed by atoms with van der Waals surface area (Å²) in [5.41, 5.74) is 2.54. The van der Waals surface area contributed by atoms with E-state index in [1.807, 2.05) is 11.4 Å². The SMILES string of the molecule is SP(S)SCCCCCCCCCCCC(c1ccccc1)c1ccccc1. The zero-order valence-electron chi connectivity index (χ0n) is 16.9. The summed E-state index contributed by atoms with van der Waals surface area (Å²) in [5.74, 6) is 1.76. The van der Waals surface area contributed by atoms with Gasteiger partial charge in [-0.05, 0) is 29.7 Å². The van der Waals surface area contributed by atoms with Crippen molar-refractivity contribution in [2.24, 2.45) is 0 Å². The van der Waals surface area contributed by atoms with E-state index in [0.29, 0.717) is 5.92 Å². The van der Waals surface area contributed by atoms with E-state index in [1.165, 1.54) is 81.1 Å². The van der Waals surface area contributed by atoms with Gasteiger partial charge in [-0.2, -0.15) is 0 Å². The van der Waals surface area contributed by atoms with Gasteiger partial charge in [-0.25, -0.2) is 0 Å². The predicted molar refractivity (Wildman–Crippen MR) is 138 cm³/mol. The smallest absolute Gasteiger partial charge is 0.0666 e. The minimum absolute atomic E-state index is 0.366. The molecule has 0 aromatic heterocycles. The molecule has 0 amide bonds. The summed E-state index contributed by atoms with van der Waals surface area (Å²) in [4.78, 5) is 0. The lowest BCUT2D eigenvalue weighted by atomic mass is 9.87. The van der Waals surface area contributed by atoms with E-state index >= 15 is 0 Å². The van der Waals surface area contributed by atoms with E-state index < -0.39 is 0 Å². The Hall–Kier alpha value is -0.0800. The summed E-state index contributed by atoms with van der Waals surface area (Å²) in [6.45, 7) is 0. The number of unbranched alkanes of at least 4 members (excludes halogenated alkanes) is 8. The van der Waals surface area contributed by atoms with Crippen LogP contribution in [-0.2, 0) is 0 Å². The molecule has 2 aromatic rings. The zero-order chi connectivity index (χ0) is 19.9. The van der Waals surface area contributed by atoms with Crippen molar-refractivity contribution in [3.8, 4) is 0 Å². The van der Waals surface area contributed by atoms with Gasteiger partial charge in [0.15, 0.2) is 0 Å². The zero-order valence-corrected chi connectivity index (χ0v) is 20.4. The lowest BCUT2D eigenvalue weighted by molar-refractivity contribution is 0.546. The highest BCUT2D eigenvalue weighted by molar-refractivity contribution is 9.06. The second kappa shape index (κ2) is 15.7. The Morgan fingerprint density at radius 3 is 1.50 bits per heavy atom. The van der Waals surface area contributed by atoms with Gasteiger partial charge in [0, 0.05) is 5.92 Å². The first-order chi connectivity index (χ1) is 13.8. The molecule has 0 saturated heterocycles. The molecule has 0 fully saturated rings. The molecule has 0 atom stereocenters. The van der Waals surface area contributed by atoms with Gasteiger partial charge in [0.25, 0.3) is 0 Å². The maximum atomic E-state index is 4.34. The standard InChI is InChI=1S/C24H35PS3/c26-25(27)28-21-15-7-5-3-1-2-4-6-14-20-24(22-16-10-8-11-17-22)23-18-12-9-13-19-23/h8-13,16-19,24,26-27H,1-7,14-15,20-21H2. The second-order valence-corrected chi connectivity index (χ2v) is 15.4. The molecular formula is C24H35PS3. The minimum atomic E-state index is -0.366. The topological polar surface area (TPSA) is 0 Å². The maximum Gasteiger partial charge on any atom is 0.0666 e. The molecule has 2 rings (SSSR count). The Balaban J connectivity index is 1.57. The lowest BCUT2D eigenvalue weighted by Gasteiger charge is -2.18. The van der Waals surface area contributed by atoms with E-state index in [1.54, 1.807) is 0 Å². The molecule has 0 saturated carbocycles. The molecule has 0 heterocycles. The molecule has 0 N–H and O–H groups in total. The van der Waals surface area contributed by atoms with Gasteiger partial charge < -0.3 is 0 Å². The van der Waals surface area contributed by atoms with Crippen LogP contribution in [0, 0.1) is 0 Å². The molecule has 0 spiro atoms. The van der Waals surface area contributed by atoms with Crippen LogP contribution in [-0.4, -0.2) is 5.75 Å². The number of rotatable bonds is 15. The normalized spacial score (nSPS) is 11.4. The Kier molecular flexibility index (Phi) is 13.6. The van der Waals surface area contributed by atoms with Crippen LogP contribution >= 0.6 is 41.4 Å². The minimum Gasteiger partial charge on any atom is -0.130 e. The van der Waals surface area contributed by atoms with Crippen LogP contribution < -0.4 is 0 Å². The molecule has 0 bridgehead atoms. The summed E-state index contributed by atoms with van der Waals surface area (Å²) >= 11 is 10.6. The van der Waals surface area contributed by atoms with Crippen LogP contribution in [0.1, 0.15) is 81.3 Å².